The number of nitrogens with one attached hydrogen (secondary N) is 1. The Morgan fingerprint density at radius 2 is 1.94 bits per heavy atom. The van der Waals surface area contributed by atoms with Gasteiger partial charge >= 0.3 is 0 Å². The minimum atomic E-state index is 0.713. The molecule has 0 aliphatic carbocycles. The van der Waals surface area contributed by atoms with Crippen molar-refractivity contribution in [2.45, 2.75) is 38.8 Å². The Balaban J connectivity index is 1.95. The maximum atomic E-state index is 3.58. The van der Waals surface area contributed by atoms with Crippen molar-refractivity contribution >= 4 is 0 Å². The maximum absolute atomic E-state index is 3.58. The average Bonchev–Trinajstić information content (AvgIpc) is 2.39. The molecule has 0 spiro atoms. The zero-order valence-corrected chi connectivity index (χ0v) is 11.1. The van der Waals surface area contributed by atoms with E-state index in [1.807, 2.05) is 0 Å². The first-order chi connectivity index (χ1) is 7.66. The summed E-state index contributed by atoms with van der Waals surface area (Å²) in [6.45, 7) is 10.9. The molecular weight excluding hydrogens is 198 g/mol. The minimum Gasteiger partial charge on any atom is -0.315 e. The number of nitrogens with zero attached hydrogens (tertiary/aromatic N) is 2. The van der Waals surface area contributed by atoms with Crippen LogP contribution in [0.3, 0.4) is 0 Å². The lowest BCUT2D eigenvalue weighted by molar-refractivity contribution is 0.106. The molecule has 2 rings (SSSR count). The molecule has 1 N–H and O–H groups in total. The second-order valence-corrected chi connectivity index (χ2v) is 5.86. The van der Waals surface area contributed by atoms with Crippen molar-refractivity contribution in [3.8, 4) is 0 Å². The Bertz CT molecular complexity index is 219. The topological polar surface area (TPSA) is 18.5 Å². The number of rotatable bonds is 1. The second kappa shape index (κ2) is 5.48. The molecule has 3 nitrogen and oxygen atoms in total. The molecule has 0 aromatic rings. The van der Waals surface area contributed by atoms with E-state index in [-0.39, 0.29) is 0 Å². The van der Waals surface area contributed by atoms with Gasteiger partial charge in [0.1, 0.15) is 0 Å². The highest BCUT2D eigenvalue weighted by molar-refractivity contribution is 4.86. The second-order valence-electron chi connectivity index (χ2n) is 5.86. The van der Waals surface area contributed by atoms with E-state index < -0.39 is 0 Å². The lowest BCUT2D eigenvalue weighted by Gasteiger charge is -2.39. The Labute approximate surface area is 100 Å². The van der Waals surface area contributed by atoms with Gasteiger partial charge in [-0.25, -0.2) is 0 Å². The molecule has 0 saturated carbocycles. The third kappa shape index (κ3) is 2.96. The van der Waals surface area contributed by atoms with Crippen molar-refractivity contribution < 1.29 is 0 Å². The van der Waals surface area contributed by atoms with E-state index in [4.69, 9.17) is 0 Å². The van der Waals surface area contributed by atoms with Crippen molar-refractivity contribution in [3.63, 3.8) is 0 Å². The van der Waals surface area contributed by atoms with Crippen LogP contribution in [0.4, 0.5) is 0 Å². The molecule has 3 unspecified atom stereocenters. The quantitative estimate of drug-likeness (QED) is 0.718. The van der Waals surface area contributed by atoms with E-state index in [1.54, 1.807) is 0 Å². The molecular formula is C13H27N3. The van der Waals surface area contributed by atoms with Crippen molar-refractivity contribution in [1.29, 1.82) is 0 Å². The van der Waals surface area contributed by atoms with Crippen LogP contribution < -0.4 is 5.32 Å². The molecule has 2 saturated heterocycles. The summed E-state index contributed by atoms with van der Waals surface area (Å²) in [4.78, 5) is 5.22. The van der Waals surface area contributed by atoms with Crippen LogP contribution in [0, 0.1) is 5.92 Å². The Morgan fingerprint density at radius 3 is 2.69 bits per heavy atom. The lowest BCUT2D eigenvalue weighted by atomic mass is 9.95. The van der Waals surface area contributed by atoms with Crippen molar-refractivity contribution in [3.05, 3.63) is 0 Å². The highest BCUT2D eigenvalue weighted by Crippen LogP contribution is 2.20. The van der Waals surface area contributed by atoms with Crippen LogP contribution in [-0.2, 0) is 0 Å². The van der Waals surface area contributed by atoms with Gasteiger partial charge in [-0.15, -0.1) is 0 Å². The third-order valence-electron chi connectivity index (χ3n) is 4.11. The van der Waals surface area contributed by atoms with Gasteiger partial charge in [-0.3, -0.25) is 4.90 Å². The summed E-state index contributed by atoms with van der Waals surface area (Å²) in [6.07, 6.45) is 2.70. The summed E-state index contributed by atoms with van der Waals surface area (Å²) in [5.74, 6) is 0.840. The first-order valence-electron chi connectivity index (χ1n) is 6.82. The van der Waals surface area contributed by atoms with E-state index in [1.165, 1.54) is 45.6 Å². The largest absolute Gasteiger partial charge is 0.315 e. The van der Waals surface area contributed by atoms with Gasteiger partial charge in [0.05, 0.1) is 0 Å². The molecule has 0 aromatic heterocycles. The molecule has 2 aliphatic heterocycles. The number of hydrogen-bond donors (Lipinski definition) is 1. The van der Waals surface area contributed by atoms with Crippen LogP contribution in [-0.4, -0.2) is 61.7 Å². The van der Waals surface area contributed by atoms with Crippen molar-refractivity contribution in [1.82, 2.24) is 15.1 Å². The van der Waals surface area contributed by atoms with Gasteiger partial charge in [0.15, 0.2) is 0 Å². The van der Waals surface area contributed by atoms with E-state index in [0.29, 0.717) is 6.04 Å². The third-order valence-corrected chi connectivity index (χ3v) is 4.11. The average molecular weight is 225 g/mol. The van der Waals surface area contributed by atoms with Gasteiger partial charge < -0.3 is 10.2 Å². The van der Waals surface area contributed by atoms with Crippen LogP contribution >= 0.6 is 0 Å². The summed E-state index contributed by atoms with van der Waals surface area (Å²) in [5, 5.41) is 3.58. The van der Waals surface area contributed by atoms with E-state index in [2.05, 4.69) is 36.0 Å². The fourth-order valence-corrected chi connectivity index (χ4v) is 3.31. The van der Waals surface area contributed by atoms with Gasteiger partial charge in [0.2, 0.25) is 0 Å². The minimum absolute atomic E-state index is 0.713. The fraction of sp³-hybridized carbons (Fsp3) is 1.00. The van der Waals surface area contributed by atoms with Crippen LogP contribution in [0.15, 0.2) is 0 Å². The summed E-state index contributed by atoms with van der Waals surface area (Å²) < 4.78 is 0. The predicted octanol–water partition coefficient (Wildman–Crippen LogP) is 1.01. The predicted molar refractivity (Wildman–Crippen MR) is 68.7 cm³/mol. The molecule has 3 heteroatoms. The Hall–Kier alpha value is -0.120. The van der Waals surface area contributed by atoms with Gasteiger partial charge in [-0.1, -0.05) is 6.92 Å². The Morgan fingerprint density at radius 1 is 1.12 bits per heavy atom. The molecule has 94 valence electrons. The SMILES string of the molecule is CC1CNCC(N2CCCN(C)CC2C)C1. The number of hydrogen-bond acceptors (Lipinski definition) is 3. The van der Waals surface area contributed by atoms with Gasteiger partial charge in [-0.2, -0.15) is 0 Å². The molecule has 2 aliphatic rings. The first kappa shape index (κ1) is 12.3. The molecule has 16 heavy (non-hydrogen) atoms. The normalized spacial score (nSPS) is 39.6. The molecule has 2 heterocycles. The summed E-state index contributed by atoms with van der Waals surface area (Å²) >= 11 is 0. The van der Waals surface area contributed by atoms with Crippen LogP contribution in [0.1, 0.15) is 26.7 Å². The summed E-state index contributed by atoms with van der Waals surface area (Å²) in [7, 11) is 2.25. The zero-order chi connectivity index (χ0) is 11.5. The van der Waals surface area contributed by atoms with Crippen molar-refractivity contribution in [2.75, 3.05) is 39.8 Å². The molecule has 0 aromatic carbocycles. The monoisotopic (exact) mass is 225 g/mol. The summed E-state index contributed by atoms with van der Waals surface area (Å²) in [5.41, 5.74) is 0. The standard InChI is InChI=1S/C13H27N3/c1-11-7-13(9-14-8-11)16-6-4-5-15(3)10-12(16)2/h11-14H,4-10H2,1-3H3. The molecule has 3 atom stereocenters. The molecule has 0 amide bonds. The zero-order valence-electron chi connectivity index (χ0n) is 11.1. The molecule has 0 radical (unpaired) electrons. The van der Waals surface area contributed by atoms with Gasteiger partial charge in [0.25, 0.3) is 0 Å². The number of piperidine rings is 1. The van der Waals surface area contributed by atoms with E-state index in [9.17, 15) is 0 Å². The highest BCUT2D eigenvalue weighted by Gasteiger charge is 2.29. The first-order valence-corrected chi connectivity index (χ1v) is 6.82. The number of likely N-dealkylation sites (N-methyl/N-ethyl adjacent to an activating group) is 1. The highest BCUT2D eigenvalue weighted by atomic mass is 15.3. The fourth-order valence-electron chi connectivity index (χ4n) is 3.31. The van der Waals surface area contributed by atoms with Gasteiger partial charge in [0, 0.05) is 31.7 Å². The van der Waals surface area contributed by atoms with Crippen LogP contribution in [0.25, 0.3) is 0 Å². The lowest BCUT2D eigenvalue weighted by Crippen LogP contribution is -2.52. The molecule has 0 bridgehead atoms. The van der Waals surface area contributed by atoms with E-state index >= 15 is 0 Å². The van der Waals surface area contributed by atoms with Crippen molar-refractivity contribution in [2.24, 2.45) is 5.92 Å². The van der Waals surface area contributed by atoms with E-state index in [0.717, 1.165) is 12.0 Å². The summed E-state index contributed by atoms with van der Waals surface area (Å²) in [6, 6.07) is 1.48. The smallest absolute Gasteiger partial charge is 0.0227 e. The Kier molecular flexibility index (Phi) is 4.22. The van der Waals surface area contributed by atoms with Gasteiger partial charge in [-0.05, 0) is 45.8 Å². The molecule has 2 fully saturated rings. The van der Waals surface area contributed by atoms with Crippen LogP contribution in [0.5, 0.6) is 0 Å². The maximum Gasteiger partial charge on any atom is 0.0227 e. The van der Waals surface area contributed by atoms with Crippen LogP contribution in [0.2, 0.25) is 0 Å².